The quantitative estimate of drug-likeness (QED) is 0.868. The number of aromatic nitrogens is 1. The SMILES string of the molecule is CC(C)[C@]1(C(=O)N2CCn3c(cc(C(F)(F)F)cc3=O)C2)CC[C@@H](N)C1. The molecule has 0 bridgehead atoms. The third kappa shape index (κ3) is 3.15. The summed E-state index contributed by atoms with van der Waals surface area (Å²) >= 11 is 0. The zero-order chi connectivity index (χ0) is 19.3. The van der Waals surface area contributed by atoms with Gasteiger partial charge in [0, 0.05) is 30.9 Å². The predicted octanol–water partition coefficient (Wildman–Crippen LogP) is 2.36. The van der Waals surface area contributed by atoms with Crippen LogP contribution in [0.4, 0.5) is 13.2 Å². The van der Waals surface area contributed by atoms with Crippen LogP contribution in [0.5, 0.6) is 0 Å². The minimum atomic E-state index is -4.58. The molecule has 1 aromatic heterocycles. The van der Waals surface area contributed by atoms with Gasteiger partial charge in [0.25, 0.3) is 5.56 Å². The second-order valence-corrected chi connectivity index (χ2v) is 7.76. The van der Waals surface area contributed by atoms with Gasteiger partial charge in [0.15, 0.2) is 0 Å². The molecule has 5 nitrogen and oxygen atoms in total. The molecule has 1 saturated carbocycles. The minimum Gasteiger partial charge on any atom is -0.335 e. The number of carbonyl (C=O) groups is 1. The van der Waals surface area contributed by atoms with E-state index in [1.807, 2.05) is 13.8 Å². The number of hydrogen-bond acceptors (Lipinski definition) is 3. The molecule has 1 aliphatic heterocycles. The van der Waals surface area contributed by atoms with E-state index in [9.17, 15) is 22.8 Å². The second-order valence-electron chi connectivity index (χ2n) is 7.76. The monoisotopic (exact) mass is 371 g/mol. The molecule has 1 aromatic rings. The first kappa shape index (κ1) is 18.9. The van der Waals surface area contributed by atoms with Gasteiger partial charge in [-0.2, -0.15) is 13.2 Å². The summed E-state index contributed by atoms with van der Waals surface area (Å²) < 4.78 is 40.3. The minimum absolute atomic E-state index is 0.0156. The molecule has 0 spiro atoms. The Bertz CT molecular complexity index is 772. The van der Waals surface area contributed by atoms with Crippen LogP contribution in [0.25, 0.3) is 0 Å². The smallest absolute Gasteiger partial charge is 0.335 e. The van der Waals surface area contributed by atoms with Crippen LogP contribution in [0.1, 0.15) is 44.4 Å². The number of carbonyl (C=O) groups excluding carboxylic acids is 1. The normalized spacial score (nSPS) is 26.3. The van der Waals surface area contributed by atoms with Crippen LogP contribution in [-0.4, -0.2) is 28.0 Å². The number of fused-ring (bicyclic) bond motifs is 1. The van der Waals surface area contributed by atoms with E-state index >= 15 is 0 Å². The number of alkyl halides is 3. The zero-order valence-electron chi connectivity index (χ0n) is 15.0. The highest BCUT2D eigenvalue weighted by molar-refractivity contribution is 5.83. The summed E-state index contributed by atoms with van der Waals surface area (Å²) in [4.78, 5) is 26.9. The van der Waals surface area contributed by atoms with Gasteiger partial charge >= 0.3 is 6.18 Å². The topological polar surface area (TPSA) is 68.3 Å². The average molecular weight is 371 g/mol. The van der Waals surface area contributed by atoms with E-state index in [1.54, 1.807) is 4.90 Å². The Morgan fingerprint density at radius 1 is 1.31 bits per heavy atom. The fourth-order valence-corrected chi connectivity index (χ4v) is 4.26. The molecule has 0 radical (unpaired) electrons. The fourth-order valence-electron chi connectivity index (χ4n) is 4.26. The van der Waals surface area contributed by atoms with E-state index in [0.29, 0.717) is 25.5 Å². The summed E-state index contributed by atoms with van der Waals surface area (Å²) in [7, 11) is 0. The fraction of sp³-hybridized carbons (Fsp3) is 0.667. The summed E-state index contributed by atoms with van der Waals surface area (Å²) in [5, 5.41) is 0. The molecule has 1 amide bonds. The Morgan fingerprint density at radius 2 is 2.00 bits per heavy atom. The number of amides is 1. The summed E-state index contributed by atoms with van der Waals surface area (Å²) in [6.45, 7) is 4.51. The Hall–Kier alpha value is -1.83. The highest BCUT2D eigenvalue weighted by Gasteiger charge is 2.48. The maximum absolute atomic E-state index is 13.2. The highest BCUT2D eigenvalue weighted by Crippen LogP contribution is 2.45. The van der Waals surface area contributed by atoms with Gasteiger partial charge in [0.1, 0.15) is 0 Å². The van der Waals surface area contributed by atoms with E-state index < -0.39 is 22.7 Å². The van der Waals surface area contributed by atoms with Crippen LogP contribution in [0.3, 0.4) is 0 Å². The molecule has 2 N–H and O–H groups in total. The molecule has 2 heterocycles. The van der Waals surface area contributed by atoms with Gasteiger partial charge in [-0.05, 0) is 31.2 Å². The van der Waals surface area contributed by atoms with Gasteiger partial charge in [-0.25, -0.2) is 0 Å². The first-order valence-electron chi connectivity index (χ1n) is 8.90. The number of halogens is 3. The van der Waals surface area contributed by atoms with Gasteiger partial charge < -0.3 is 15.2 Å². The van der Waals surface area contributed by atoms with Crippen molar-refractivity contribution in [1.82, 2.24) is 9.47 Å². The number of pyridine rings is 1. The number of nitrogens with two attached hydrogens (primary N) is 1. The number of hydrogen-bond donors (Lipinski definition) is 1. The molecule has 0 aromatic carbocycles. The average Bonchev–Trinajstić information content (AvgIpc) is 2.96. The predicted molar refractivity (Wildman–Crippen MR) is 90.2 cm³/mol. The molecule has 8 heteroatoms. The summed E-state index contributed by atoms with van der Waals surface area (Å²) in [5.74, 6) is 0.0331. The van der Waals surface area contributed by atoms with Gasteiger partial charge in [-0.15, -0.1) is 0 Å². The molecule has 0 unspecified atom stereocenters. The van der Waals surface area contributed by atoms with Gasteiger partial charge in [-0.1, -0.05) is 13.8 Å². The van der Waals surface area contributed by atoms with Crippen molar-refractivity contribution in [3.8, 4) is 0 Å². The van der Waals surface area contributed by atoms with Crippen molar-refractivity contribution >= 4 is 5.91 Å². The lowest BCUT2D eigenvalue weighted by atomic mass is 9.74. The number of nitrogens with zero attached hydrogens (tertiary/aromatic N) is 2. The van der Waals surface area contributed by atoms with Crippen LogP contribution in [0.15, 0.2) is 16.9 Å². The lowest BCUT2D eigenvalue weighted by molar-refractivity contribution is -0.146. The van der Waals surface area contributed by atoms with Crippen molar-refractivity contribution in [3.63, 3.8) is 0 Å². The molecule has 2 atom stereocenters. The maximum Gasteiger partial charge on any atom is 0.416 e. The highest BCUT2D eigenvalue weighted by atomic mass is 19.4. The van der Waals surface area contributed by atoms with Crippen LogP contribution < -0.4 is 11.3 Å². The van der Waals surface area contributed by atoms with Crippen molar-refractivity contribution in [3.05, 3.63) is 33.7 Å². The van der Waals surface area contributed by atoms with E-state index in [1.165, 1.54) is 4.57 Å². The lowest BCUT2D eigenvalue weighted by Crippen LogP contribution is -2.50. The van der Waals surface area contributed by atoms with Crippen molar-refractivity contribution in [1.29, 1.82) is 0 Å². The van der Waals surface area contributed by atoms with Crippen molar-refractivity contribution in [2.24, 2.45) is 17.1 Å². The van der Waals surface area contributed by atoms with E-state index in [2.05, 4.69) is 0 Å². The molecular formula is C18H24F3N3O2. The Morgan fingerprint density at radius 3 is 2.54 bits per heavy atom. The second kappa shape index (κ2) is 6.40. The third-order valence-corrected chi connectivity index (χ3v) is 5.89. The number of rotatable bonds is 2. The first-order valence-corrected chi connectivity index (χ1v) is 8.90. The summed E-state index contributed by atoms with van der Waals surface area (Å²) in [6, 6.07) is 1.56. The molecule has 144 valence electrons. The maximum atomic E-state index is 13.2. The lowest BCUT2D eigenvalue weighted by Gasteiger charge is -2.40. The van der Waals surface area contributed by atoms with Gasteiger partial charge in [0.2, 0.25) is 5.91 Å². The van der Waals surface area contributed by atoms with E-state index in [-0.39, 0.29) is 36.7 Å². The van der Waals surface area contributed by atoms with Crippen molar-refractivity contribution < 1.29 is 18.0 Å². The van der Waals surface area contributed by atoms with Crippen molar-refractivity contribution in [2.75, 3.05) is 6.54 Å². The van der Waals surface area contributed by atoms with Crippen molar-refractivity contribution in [2.45, 2.75) is 58.4 Å². The largest absolute Gasteiger partial charge is 0.416 e. The molecule has 0 saturated heterocycles. The summed E-state index contributed by atoms with van der Waals surface area (Å²) in [6.07, 6.45) is -2.53. The summed E-state index contributed by atoms with van der Waals surface area (Å²) in [5.41, 5.74) is 4.05. The molecule has 26 heavy (non-hydrogen) atoms. The van der Waals surface area contributed by atoms with Crippen LogP contribution in [-0.2, 0) is 24.1 Å². The first-order chi connectivity index (χ1) is 12.0. The van der Waals surface area contributed by atoms with E-state index in [0.717, 1.165) is 12.5 Å². The molecule has 2 aliphatic rings. The standard InChI is InChI=1S/C18H24F3N3O2/c1-11(2)17(4-3-13(22)9-17)16(26)23-5-6-24-14(10-23)7-12(8-15(24)25)18(19,20)21/h7-8,11,13H,3-6,9-10,22H2,1-2H3/t13-,17+/m1/s1. The molecule has 1 fully saturated rings. The van der Waals surface area contributed by atoms with Crippen LogP contribution in [0, 0.1) is 11.3 Å². The Labute approximate surface area is 150 Å². The third-order valence-electron chi connectivity index (χ3n) is 5.89. The Balaban J connectivity index is 1.91. The van der Waals surface area contributed by atoms with Crippen LogP contribution >= 0.6 is 0 Å². The molecule has 3 rings (SSSR count). The molecular weight excluding hydrogens is 347 g/mol. The van der Waals surface area contributed by atoms with E-state index in [4.69, 9.17) is 5.73 Å². The van der Waals surface area contributed by atoms with Gasteiger partial charge in [-0.3, -0.25) is 9.59 Å². The Kier molecular flexibility index (Phi) is 4.67. The zero-order valence-corrected chi connectivity index (χ0v) is 15.0. The molecule has 1 aliphatic carbocycles. The van der Waals surface area contributed by atoms with Gasteiger partial charge in [0.05, 0.1) is 17.5 Å². The van der Waals surface area contributed by atoms with Crippen LogP contribution in [0.2, 0.25) is 0 Å².